The maximum atomic E-state index is 12.2. The lowest BCUT2D eigenvalue weighted by Crippen LogP contribution is -2.02. The topological polar surface area (TPSA) is 69.4 Å². The summed E-state index contributed by atoms with van der Waals surface area (Å²) in [4.78, 5) is 12.9. The molecule has 0 radical (unpaired) electrons. The van der Waals surface area contributed by atoms with Gasteiger partial charge in [0.05, 0.1) is 23.4 Å². The third-order valence-electron chi connectivity index (χ3n) is 3.75. The fourth-order valence-electron chi connectivity index (χ4n) is 2.50. The molecule has 0 unspecified atom stereocenters. The number of thiophene rings is 1. The highest BCUT2D eigenvalue weighted by atomic mass is 32.2. The summed E-state index contributed by atoms with van der Waals surface area (Å²) < 4.78 is 7.08. The van der Waals surface area contributed by atoms with Crippen LogP contribution in [0.1, 0.15) is 9.67 Å². The second-order valence-electron chi connectivity index (χ2n) is 5.36. The van der Waals surface area contributed by atoms with Crippen LogP contribution in [0.4, 0.5) is 0 Å². The molecule has 0 aliphatic carbocycles. The lowest BCUT2D eigenvalue weighted by Gasteiger charge is -2.07. The van der Waals surface area contributed by atoms with Crippen molar-refractivity contribution < 1.29 is 9.53 Å². The maximum Gasteiger partial charge on any atom is 0.212 e. The van der Waals surface area contributed by atoms with Gasteiger partial charge in [0.1, 0.15) is 5.75 Å². The first-order chi connectivity index (χ1) is 12.8. The molecule has 130 valence electrons. The molecule has 0 N–H and O–H groups in total. The Morgan fingerprint density at radius 3 is 2.85 bits per heavy atom. The number of thioether (sulfide) groups is 1. The van der Waals surface area contributed by atoms with Gasteiger partial charge in [0, 0.05) is 5.56 Å². The molecule has 0 fully saturated rings. The van der Waals surface area contributed by atoms with E-state index in [1.807, 2.05) is 53.9 Å². The lowest BCUT2D eigenvalue weighted by atomic mass is 10.1. The first-order valence-corrected chi connectivity index (χ1v) is 9.68. The number of aromatic nitrogens is 4. The number of ether oxygens (including phenoxy) is 1. The van der Waals surface area contributed by atoms with Crippen molar-refractivity contribution in [2.45, 2.75) is 5.16 Å². The Kier molecular flexibility index (Phi) is 4.68. The van der Waals surface area contributed by atoms with Crippen molar-refractivity contribution in [2.24, 2.45) is 0 Å². The lowest BCUT2D eigenvalue weighted by molar-refractivity contribution is 0.102. The number of Topliss-reactive ketones (excluding diaryl/α,β-unsaturated/α-hetero) is 1. The highest BCUT2D eigenvalue weighted by Gasteiger charge is 2.14. The molecule has 3 heterocycles. The van der Waals surface area contributed by atoms with E-state index in [0.717, 1.165) is 21.9 Å². The predicted molar refractivity (Wildman–Crippen MR) is 102 cm³/mol. The van der Waals surface area contributed by atoms with E-state index in [9.17, 15) is 4.79 Å². The Bertz CT molecular complexity index is 1060. The molecule has 4 rings (SSSR count). The van der Waals surface area contributed by atoms with Crippen LogP contribution in [0.3, 0.4) is 0 Å². The summed E-state index contributed by atoms with van der Waals surface area (Å²) in [5.74, 6) is 1.11. The Morgan fingerprint density at radius 1 is 1.15 bits per heavy atom. The summed E-state index contributed by atoms with van der Waals surface area (Å²) in [6, 6.07) is 15.1. The van der Waals surface area contributed by atoms with Crippen LogP contribution in [-0.2, 0) is 0 Å². The van der Waals surface area contributed by atoms with Gasteiger partial charge in [-0.2, -0.15) is 9.61 Å². The molecule has 0 spiro atoms. The van der Waals surface area contributed by atoms with Gasteiger partial charge in [-0.15, -0.1) is 21.5 Å². The van der Waals surface area contributed by atoms with Crippen LogP contribution in [0.15, 0.2) is 59.1 Å². The number of carbonyl (C=O) groups is 1. The number of carbonyl (C=O) groups excluding carboxylic acids is 1. The van der Waals surface area contributed by atoms with E-state index in [-0.39, 0.29) is 5.78 Å². The van der Waals surface area contributed by atoms with E-state index in [1.165, 1.54) is 23.1 Å². The molecule has 0 saturated carbocycles. The standard InChI is InChI=1S/C18H14N4O2S2/c1-24-15-6-3-2-5-12(15)13-8-9-17-19-20-18(22(17)21-13)26-11-14(23)16-7-4-10-25-16/h2-10H,11H2,1H3. The number of fused-ring (bicyclic) bond motifs is 1. The van der Waals surface area contributed by atoms with Gasteiger partial charge < -0.3 is 4.74 Å². The summed E-state index contributed by atoms with van der Waals surface area (Å²) in [6.07, 6.45) is 0. The highest BCUT2D eigenvalue weighted by molar-refractivity contribution is 7.99. The second kappa shape index (κ2) is 7.27. The summed E-state index contributed by atoms with van der Waals surface area (Å²) in [7, 11) is 1.63. The van der Waals surface area contributed by atoms with Gasteiger partial charge >= 0.3 is 0 Å². The molecule has 8 heteroatoms. The second-order valence-corrected chi connectivity index (χ2v) is 7.25. The average molecular weight is 382 g/mol. The van der Waals surface area contributed by atoms with Gasteiger partial charge in [-0.3, -0.25) is 4.79 Å². The maximum absolute atomic E-state index is 12.2. The SMILES string of the molecule is COc1ccccc1-c1ccc2nnc(SCC(=O)c3cccs3)n2n1. The molecule has 3 aromatic heterocycles. The largest absolute Gasteiger partial charge is 0.496 e. The molecule has 0 saturated heterocycles. The number of nitrogens with zero attached hydrogens (tertiary/aromatic N) is 4. The Hall–Kier alpha value is -2.71. The normalized spacial score (nSPS) is 11.0. The van der Waals surface area contributed by atoms with Crippen molar-refractivity contribution in [1.82, 2.24) is 19.8 Å². The fourth-order valence-corrected chi connectivity index (χ4v) is 4.02. The molecule has 0 amide bonds. The van der Waals surface area contributed by atoms with Crippen LogP contribution in [0, 0.1) is 0 Å². The van der Waals surface area contributed by atoms with Crippen molar-refractivity contribution in [1.29, 1.82) is 0 Å². The van der Waals surface area contributed by atoms with E-state index >= 15 is 0 Å². The van der Waals surface area contributed by atoms with Gasteiger partial charge in [0.15, 0.2) is 11.4 Å². The van der Waals surface area contributed by atoms with Gasteiger partial charge in [0.2, 0.25) is 5.16 Å². The van der Waals surface area contributed by atoms with E-state index < -0.39 is 0 Å². The summed E-state index contributed by atoms with van der Waals surface area (Å²) in [5.41, 5.74) is 2.27. The minimum absolute atomic E-state index is 0.0719. The smallest absolute Gasteiger partial charge is 0.212 e. The third-order valence-corrected chi connectivity index (χ3v) is 5.58. The summed E-state index contributed by atoms with van der Waals surface area (Å²) in [6.45, 7) is 0. The van der Waals surface area contributed by atoms with E-state index in [1.54, 1.807) is 11.6 Å². The predicted octanol–water partition coefficient (Wildman–Crippen LogP) is 3.84. The molecule has 0 bridgehead atoms. The number of methoxy groups -OCH3 is 1. The average Bonchev–Trinajstić information content (AvgIpc) is 3.35. The highest BCUT2D eigenvalue weighted by Crippen LogP contribution is 2.28. The molecule has 1 aromatic carbocycles. The molecule has 0 aliphatic heterocycles. The van der Waals surface area contributed by atoms with Gasteiger partial charge in [-0.05, 0) is 35.7 Å². The van der Waals surface area contributed by atoms with Crippen LogP contribution >= 0.6 is 23.1 Å². The first-order valence-electron chi connectivity index (χ1n) is 7.81. The fraction of sp³-hybridized carbons (Fsp3) is 0.111. The summed E-state index contributed by atoms with van der Waals surface area (Å²) >= 11 is 2.77. The van der Waals surface area contributed by atoms with Crippen LogP contribution < -0.4 is 4.74 Å². The molecular formula is C18H14N4O2S2. The molecule has 4 aromatic rings. The zero-order chi connectivity index (χ0) is 17.9. The molecule has 0 aliphatic rings. The van der Waals surface area contributed by atoms with Crippen LogP contribution in [0.5, 0.6) is 5.75 Å². The Balaban J connectivity index is 1.63. The van der Waals surface area contributed by atoms with E-state index in [4.69, 9.17) is 4.74 Å². The van der Waals surface area contributed by atoms with E-state index in [0.29, 0.717) is 16.6 Å². The molecular weight excluding hydrogens is 368 g/mol. The number of para-hydroxylation sites is 1. The van der Waals surface area contributed by atoms with Gasteiger partial charge in [0.25, 0.3) is 0 Å². The van der Waals surface area contributed by atoms with Crippen molar-refractivity contribution in [3.8, 4) is 17.0 Å². The van der Waals surface area contributed by atoms with Gasteiger partial charge in [-0.25, -0.2) is 0 Å². The van der Waals surface area contributed by atoms with Crippen molar-refractivity contribution in [3.63, 3.8) is 0 Å². The van der Waals surface area contributed by atoms with Gasteiger partial charge in [-0.1, -0.05) is 30.0 Å². The molecule has 0 atom stereocenters. The van der Waals surface area contributed by atoms with Crippen LogP contribution in [0.25, 0.3) is 16.9 Å². The quantitative estimate of drug-likeness (QED) is 0.373. The number of benzene rings is 1. The monoisotopic (exact) mass is 382 g/mol. The molecule has 6 nitrogen and oxygen atoms in total. The van der Waals surface area contributed by atoms with E-state index in [2.05, 4.69) is 15.3 Å². The van der Waals surface area contributed by atoms with Crippen molar-refractivity contribution >= 4 is 34.5 Å². The third kappa shape index (κ3) is 3.21. The summed E-state index contributed by atoms with van der Waals surface area (Å²) in [5, 5.41) is 15.4. The number of hydrogen-bond acceptors (Lipinski definition) is 7. The minimum atomic E-state index is 0.0719. The first kappa shape index (κ1) is 16.7. The van der Waals surface area contributed by atoms with Crippen molar-refractivity contribution in [3.05, 3.63) is 58.8 Å². The zero-order valence-corrected chi connectivity index (χ0v) is 15.5. The Labute approximate surface area is 157 Å². The zero-order valence-electron chi connectivity index (χ0n) is 13.8. The number of hydrogen-bond donors (Lipinski definition) is 0. The Morgan fingerprint density at radius 2 is 2.04 bits per heavy atom. The number of ketones is 1. The molecule has 26 heavy (non-hydrogen) atoms. The van der Waals surface area contributed by atoms with Crippen molar-refractivity contribution in [2.75, 3.05) is 12.9 Å². The minimum Gasteiger partial charge on any atom is -0.496 e. The van der Waals surface area contributed by atoms with Crippen LogP contribution in [0.2, 0.25) is 0 Å². The number of rotatable bonds is 6. The van der Waals surface area contributed by atoms with Crippen LogP contribution in [-0.4, -0.2) is 38.5 Å².